The number of aliphatic hydroxyl groups is 1. The zero-order valence-corrected chi connectivity index (χ0v) is 24.5. The largest absolute Gasteiger partial charge is 0.504 e. The standard InChI is InChI=1S/C22H21NO2S.C8H11NO2.C3H8O2/c23-20(21(24)25)16-26-22(17-10-4-1-5-11-17,18-12-6-2-7-13-18)19-14-8-3-9-15-19;9-4-3-6-1-2-7(10)8(11)5-6;1-5-3-2-4/h1-15,20H,16,23H2,(H,24,25);1-2,5,10-11H,3-4,9H2;4H,2-3H2,1H3. The second kappa shape index (κ2) is 18.5. The number of carboxylic acid groups (broad SMARTS) is 1. The Morgan fingerprint density at radius 3 is 1.64 bits per heavy atom. The zero-order chi connectivity index (χ0) is 30.8. The Morgan fingerprint density at radius 1 is 0.833 bits per heavy atom. The molecule has 4 aromatic rings. The van der Waals surface area contributed by atoms with Crippen LogP contribution in [0.15, 0.2) is 109 Å². The van der Waals surface area contributed by atoms with E-state index in [1.165, 1.54) is 12.1 Å². The predicted octanol–water partition coefficient (Wildman–Crippen LogP) is 4.35. The highest BCUT2D eigenvalue weighted by molar-refractivity contribution is 8.00. The third kappa shape index (κ3) is 10.2. The van der Waals surface area contributed by atoms with E-state index in [2.05, 4.69) is 41.1 Å². The average molecular weight is 593 g/mol. The molecule has 8 nitrogen and oxygen atoms in total. The number of rotatable bonds is 11. The Kier molecular flexibility index (Phi) is 15.2. The van der Waals surface area contributed by atoms with Gasteiger partial charge in [0.2, 0.25) is 0 Å². The van der Waals surface area contributed by atoms with Crippen molar-refractivity contribution in [3.63, 3.8) is 0 Å². The van der Waals surface area contributed by atoms with Crippen LogP contribution in [0.25, 0.3) is 0 Å². The van der Waals surface area contributed by atoms with Gasteiger partial charge in [0.15, 0.2) is 11.5 Å². The summed E-state index contributed by atoms with van der Waals surface area (Å²) in [6.07, 6.45) is 0.716. The van der Waals surface area contributed by atoms with Crippen LogP contribution in [0.2, 0.25) is 0 Å². The highest BCUT2D eigenvalue weighted by atomic mass is 32.2. The third-order valence-electron chi connectivity index (χ3n) is 6.11. The van der Waals surface area contributed by atoms with Crippen LogP contribution in [0.4, 0.5) is 0 Å². The number of carbonyl (C=O) groups is 1. The Balaban J connectivity index is 0.000000317. The molecule has 9 heteroatoms. The molecule has 1 atom stereocenters. The summed E-state index contributed by atoms with van der Waals surface area (Å²) in [4.78, 5) is 11.3. The molecular formula is C33H40N2O6S. The molecule has 42 heavy (non-hydrogen) atoms. The van der Waals surface area contributed by atoms with E-state index in [0.29, 0.717) is 25.3 Å². The summed E-state index contributed by atoms with van der Waals surface area (Å²) >= 11 is 1.56. The SMILES string of the molecule is COCCO.NC(CSC(c1ccccc1)(c1ccccc1)c1ccccc1)C(=O)O.NCCc1ccc(O)c(O)c1. The quantitative estimate of drug-likeness (QED) is 0.110. The molecule has 224 valence electrons. The second-order valence-electron chi connectivity index (χ2n) is 9.11. The fourth-order valence-electron chi connectivity index (χ4n) is 4.04. The first-order chi connectivity index (χ1) is 20.3. The van der Waals surface area contributed by atoms with Gasteiger partial charge in [0.25, 0.3) is 0 Å². The number of benzene rings is 4. The van der Waals surface area contributed by atoms with Crippen molar-refractivity contribution in [2.45, 2.75) is 17.2 Å². The van der Waals surface area contributed by atoms with Crippen molar-refractivity contribution in [3.05, 3.63) is 131 Å². The molecule has 1 unspecified atom stereocenters. The summed E-state index contributed by atoms with van der Waals surface area (Å²) in [7, 11) is 1.55. The lowest BCUT2D eigenvalue weighted by atomic mass is 9.84. The van der Waals surface area contributed by atoms with Crippen LogP contribution in [0, 0.1) is 0 Å². The first-order valence-corrected chi connectivity index (χ1v) is 14.4. The fraction of sp³-hybridized carbons (Fsp3) is 0.242. The van der Waals surface area contributed by atoms with Crippen LogP contribution in [0.5, 0.6) is 11.5 Å². The van der Waals surface area contributed by atoms with Crippen LogP contribution in [0.3, 0.4) is 0 Å². The van der Waals surface area contributed by atoms with Crippen molar-refractivity contribution < 1.29 is 30.0 Å². The Hall–Kier alpha value is -3.86. The van der Waals surface area contributed by atoms with E-state index in [1.807, 2.05) is 54.6 Å². The molecule has 0 heterocycles. The smallest absolute Gasteiger partial charge is 0.321 e. The van der Waals surface area contributed by atoms with E-state index >= 15 is 0 Å². The van der Waals surface area contributed by atoms with Crippen molar-refractivity contribution in [1.29, 1.82) is 0 Å². The molecule has 4 aromatic carbocycles. The molecule has 0 aromatic heterocycles. The number of phenolic OH excluding ortho intramolecular Hbond substituents is 2. The molecule has 0 aliphatic rings. The lowest BCUT2D eigenvalue weighted by Crippen LogP contribution is -2.36. The van der Waals surface area contributed by atoms with E-state index in [-0.39, 0.29) is 18.1 Å². The van der Waals surface area contributed by atoms with Gasteiger partial charge in [-0.1, -0.05) is 97.1 Å². The van der Waals surface area contributed by atoms with Crippen molar-refractivity contribution in [3.8, 4) is 11.5 Å². The van der Waals surface area contributed by atoms with Gasteiger partial charge >= 0.3 is 5.97 Å². The van der Waals surface area contributed by atoms with Crippen molar-refractivity contribution in [1.82, 2.24) is 0 Å². The molecule has 0 fully saturated rings. The summed E-state index contributed by atoms with van der Waals surface area (Å²) in [5.74, 6) is -0.865. The van der Waals surface area contributed by atoms with E-state index in [0.717, 1.165) is 22.3 Å². The zero-order valence-electron chi connectivity index (χ0n) is 23.7. The lowest BCUT2D eigenvalue weighted by Gasteiger charge is -2.36. The van der Waals surface area contributed by atoms with Gasteiger partial charge in [0.1, 0.15) is 6.04 Å². The van der Waals surface area contributed by atoms with Gasteiger partial charge in [-0.25, -0.2) is 0 Å². The predicted molar refractivity (Wildman–Crippen MR) is 169 cm³/mol. The summed E-state index contributed by atoms with van der Waals surface area (Å²) in [5, 5.41) is 35.2. The van der Waals surface area contributed by atoms with Gasteiger partial charge in [-0.3, -0.25) is 4.79 Å². The van der Waals surface area contributed by atoms with Crippen molar-refractivity contribution in [2.75, 3.05) is 32.6 Å². The van der Waals surface area contributed by atoms with E-state index in [1.54, 1.807) is 24.9 Å². The number of methoxy groups -OCH3 is 1. The van der Waals surface area contributed by atoms with Crippen LogP contribution >= 0.6 is 11.8 Å². The van der Waals surface area contributed by atoms with Crippen LogP contribution in [-0.4, -0.2) is 65.1 Å². The van der Waals surface area contributed by atoms with Crippen LogP contribution in [-0.2, 0) is 20.7 Å². The van der Waals surface area contributed by atoms with E-state index in [9.17, 15) is 9.90 Å². The summed E-state index contributed by atoms with van der Waals surface area (Å²) in [5.41, 5.74) is 15.4. The average Bonchev–Trinajstić information content (AvgIpc) is 3.02. The number of hydrogen-bond donors (Lipinski definition) is 6. The minimum absolute atomic E-state index is 0.0871. The Morgan fingerprint density at radius 2 is 1.31 bits per heavy atom. The molecule has 0 radical (unpaired) electrons. The number of carboxylic acids is 1. The minimum Gasteiger partial charge on any atom is -0.504 e. The molecule has 0 aliphatic heterocycles. The monoisotopic (exact) mass is 592 g/mol. The fourth-order valence-corrected chi connectivity index (χ4v) is 5.52. The van der Waals surface area contributed by atoms with Gasteiger partial charge in [0.05, 0.1) is 18.0 Å². The maximum atomic E-state index is 11.3. The number of hydrogen-bond acceptors (Lipinski definition) is 8. The molecule has 0 saturated carbocycles. The number of phenols is 2. The molecule has 8 N–H and O–H groups in total. The summed E-state index contributed by atoms with van der Waals surface area (Å²) < 4.78 is 3.91. The van der Waals surface area contributed by atoms with Gasteiger partial charge in [-0.15, -0.1) is 11.8 Å². The van der Waals surface area contributed by atoms with E-state index in [4.69, 9.17) is 26.8 Å². The Labute approximate surface area is 251 Å². The normalized spacial score (nSPS) is 11.3. The molecule has 0 saturated heterocycles. The van der Waals surface area contributed by atoms with Crippen molar-refractivity contribution >= 4 is 17.7 Å². The highest BCUT2D eigenvalue weighted by Crippen LogP contribution is 2.48. The highest BCUT2D eigenvalue weighted by Gasteiger charge is 2.37. The number of aromatic hydroxyl groups is 2. The molecule has 4 rings (SSSR count). The number of thioether (sulfide) groups is 1. The number of aliphatic carboxylic acids is 1. The van der Waals surface area contributed by atoms with Gasteiger partial charge in [-0.05, 0) is 47.4 Å². The molecular weight excluding hydrogens is 552 g/mol. The summed E-state index contributed by atoms with van der Waals surface area (Å²) in [6.45, 7) is 1.11. The van der Waals surface area contributed by atoms with Gasteiger partial charge in [-0.2, -0.15) is 0 Å². The van der Waals surface area contributed by atoms with Crippen LogP contribution < -0.4 is 11.5 Å². The second-order valence-corrected chi connectivity index (χ2v) is 10.3. The maximum absolute atomic E-state index is 11.3. The third-order valence-corrected chi connectivity index (χ3v) is 7.77. The first kappa shape index (κ1) is 34.3. The van der Waals surface area contributed by atoms with Gasteiger partial charge < -0.3 is 36.6 Å². The topological polar surface area (TPSA) is 159 Å². The number of aliphatic hydroxyl groups excluding tert-OH is 1. The molecule has 0 amide bonds. The van der Waals surface area contributed by atoms with Crippen molar-refractivity contribution in [2.24, 2.45) is 11.5 Å². The number of ether oxygens (including phenoxy) is 1. The first-order valence-electron chi connectivity index (χ1n) is 13.4. The van der Waals surface area contributed by atoms with Gasteiger partial charge in [0, 0.05) is 12.9 Å². The maximum Gasteiger partial charge on any atom is 0.321 e. The van der Waals surface area contributed by atoms with E-state index < -0.39 is 16.8 Å². The molecule has 0 aliphatic carbocycles. The Bertz CT molecular complexity index is 1210. The van der Waals surface area contributed by atoms with Crippen LogP contribution in [0.1, 0.15) is 22.3 Å². The summed E-state index contributed by atoms with van der Waals surface area (Å²) in [6, 6.07) is 34.3. The molecule has 0 bridgehead atoms. The molecule has 0 spiro atoms. The lowest BCUT2D eigenvalue weighted by molar-refractivity contribution is -0.137. The minimum atomic E-state index is -0.986. The number of nitrogens with two attached hydrogens (primary N) is 2.